The Morgan fingerprint density at radius 3 is 2.61 bits per heavy atom. The number of methoxy groups -OCH3 is 2. The van der Waals surface area contributed by atoms with Crippen LogP contribution in [0.15, 0.2) is 18.2 Å². The van der Waals surface area contributed by atoms with Crippen LogP contribution in [0.3, 0.4) is 0 Å². The lowest BCUT2D eigenvalue weighted by molar-refractivity contribution is -0.0315. The maximum atomic E-state index is 10.00. The standard InChI is InChI=1S/C14H21NO3/c1-17-12-4-5-13(18-2)11(8-12)9-15-10-14(16)6-3-7-14/h4-5,8,15-16H,3,6-7,9-10H2,1-2H3. The van der Waals surface area contributed by atoms with E-state index in [0.717, 1.165) is 36.3 Å². The molecule has 2 rings (SSSR count). The van der Waals surface area contributed by atoms with Crippen LogP contribution in [-0.2, 0) is 6.54 Å². The van der Waals surface area contributed by atoms with Crippen LogP contribution < -0.4 is 14.8 Å². The molecule has 0 aliphatic heterocycles. The van der Waals surface area contributed by atoms with E-state index in [0.29, 0.717) is 13.1 Å². The summed E-state index contributed by atoms with van der Waals surface area (Å²) in [6, 6.07) is 5.73. The fraction of sp³-hybridized carbons (Fsp3) is 0.571. The van der Waals surface area contributed by atoms with E-state index in [9.17, 15) is 5.11 Å². The van der Waals surface area contributed by atoms with E-state index >= 15 is 0 Å². The summed E-state index contributed by atoms with van der Waals surface area (Å²) in [6.07, 6.45) is 2.92. The van der Waals surface area contributed by atoms with Gasteiger partial charge in [-0.15, -0.1) is 0 Å². The molecule has 0 radical (unpaired) electrons. The zero-order valence-electron chi connectivity index (χ0n) is 11.0. The first kappa shape index (κ1) is 13.2. The summed E-state index contributed by atoms with van der Waals surface area (Å²) in [5, 5.41) is 13.3. The quantitative estimate of drug-likeness (QED) is 0.808. The normalized spacial score (nSPS) is 17.1. The van der Waals surface area contributed by atoms with Crippen LogP contribution in [0.4, 0.5) is 0 Å². The molecule has 0 heterocycles. The molecule has 4 nitrogen and oxygen atoms in total. The first-order valence-corrected chi connectivity index (χ1v) is 6.31. The van der Waals surface area contributed by atoms with Crippen molar-refractivity contribution in [1.82, 2.24) is 5.32 Å². The largest absolute Gasteiger partial charge is 0.497 e. The van der Waals surface area contributed by atoms with E-state index in [2.05, 4.69) is 5.32 Å². The van der Waals surface area contributed by atoms with Gasteiger partial charge in [0, 0.05) is 18.7 Å². The molecule has 1 aliphatic carbocycles. The van der Waals surface area contributed by atoms with Gasteiger partial charge in [-0.2, -0.15) is 0 Å². The number of nitrogens with one attached hydrogen (secondary N) is 1. The molecule has 0 spiro atoms. The zero-order chi connectivity index (χ0) is 13.0. The van der Waals surface area contributed by atoms with Crippen LogP contribution in [-0.4, -0.2) is 31.5 Å². The second-order valence-electron chi connectivity index (χ2n) is 4.86. The lowest BCUT2D eigenvalue weighted by atomic mass is 9.80. The lowest BCUT2D eigenvalue weighted by Gasteiger charge is -2.36. The van der Waals surface area contributed by atoms with Gasteiger partial charge >= 0.3 is 0 Å². The molecule has 1 aliphatic rings. The highest BCUT2D eigenvalue weighted by molar-refractivity contribution is 5.40. The number of ether oxygens (including phenoxy) is 2. The fourth-order valence-electron chi connectivity index (χ4n) is 2.21. The van der Waals surface area contributed by atoms with Crippen LogP contribution in [0.5, 0.6) is 11.5 Å². The first-order chi connectivity index (χ1) is 8.67. The number of rotatable bonds is 6. The van der Waals surface area contributed by atoms with Gasteiger partial charge in [-0.05, 0) is 37.5 Å². The Hall–Kier alpha value is -1.26. The summed E-state index contributed by atoms with van der Waals surface area (Å²) in [5.41, 5.74) is 0.548. The van der Waals surface area contributed by atoms with E-state index in [1.807, 2.05) is 18.2 Å². The fourth-order valence-corrected chi connectivity index (χ4v) is 2.21. The molecule has 1 fully saturated rings. The minimum Gasteiger partial charge on any atom is -0.497 e. The molecule has 0 atom stereocenters. The smallest absolute Gasteiger partial charge is 0.123 e. The minimum atomic E-state index is -0.494. The van der Waals surface area contributed by atoms with Crippen molar-refractivity contribution in [3.63, 3.8) is 0 Å². The van der Waals surface area contributed by atoms with Crippen molar-refractivity contribution in [2.45, 2.75) is 31.4 Å². The number of hydrogen-bond acceptors (Lipinski definition) is 4. The monoisotopic (exact) mass is 251 g/mol. The maximum absolute atomic E-state index is 10.00. The molecule has 4 heteroatoms. The molecule has 0 amide bonds. The van der Waals surface area contributed by atoms with Crippen molar-refractivity contribution in [3.05, 3.63) is 23.8 Å². The number of hydrogen-bond donors (Lipinski definition) is 2. The molecular weight excluding hydrogens is 230 g/mol. The summed E-state index contributed by atoms with van der Waals surface area (Å²) >= 11 is 0. The molecule has 1 saturated carbocycles. The van der Waals surface area contributed by atoms with Gasteiger partial charge in [0.2, 0.25) is 0 Å². The van der Waals surface area contributed by atoms with Crippen molar-refractivity contribution >= 4 is 0 Å². The van der Waals surface area contributed by atoms with Crippen molar-refractivity contribution in [3.8, 4) is 11.5 Å². The lowest BCUT2D eigenvalue weighted by Crippen LogP contribution is -2.46. The first-order valence-electron chi connectivity index (χ1n) is 6.31. The second kappa shape index (κ2) is 5.59. The highest BCUT2D eigenvalue weighted by Crippen LogP contribution is 2.31. The van der Waals surface area contributed by atoms with Crippen LogP contribution in [0.1, 0.15) is 24.8 Å². The van der Waals surface area contributed by atoms with Gasteiger partial charge in [0.25, 0.3) is 0 Å². The van der Waals surface area contributed by atoms with E-state index in [-0.39, 0.29) is 0 Å². The van der Waals surface area contributed by atoms with Gasteiger partial charge in [-0.25, -0.2) is 0 Å². The van der Waals surface area contributed by atoms with E-state index in [1.165, 1.54) is 0 Å². The van der Waals surface area contributed by atoms with Crippen molar-refractivity contribution in [2.75, 3.05) is 20.8 Å². The SMILES string of the molecule is COc1ccc(OC)c(CNCC2(O)CCC2)c1. The Bertz CT molecular complexity index is 402. The van der Waals surface area contributed by atoms with Crippen molar-refractivity contribution < 1.29 is 14.6 Å². The molecule has 0 aromatic heterocycles. The van der Waals surface area contributed by atoms with Gasteiger partial charge in [0.05, 0.1) is 19.8 Å². The summed E-state index contributed by atoms with van der Waals surface area (Å²) in [7, 11) is 3.31. The van der Waals surface area contributed by atoms with Gasteiger partial charge in [-0.3, -0.25) is 0 Å². The third-order valence-corrected chi connectivity index (χ3v) is 3.54. The summed E-state index contributed by atoms with van der Waals surface area (Å²) in [6.45, 7) is 1.30. The van der Waals surface area contributed by atoms with Crippen molar-refractivity contribution in [2.24, 2.45) is 0 Å². The minimum absolute atomic E-state index is 0.494. The molecule has 1 aromatic carbocycles. The summed E-state index contributed by atoms with van der Waals surface area (Å²) in [4.78, 5) is 0. The Labute approximate surface area is 108 Å². The topological polar surface area (TPSA) is 50.7 Å². The Morgan fingerprint density at radius 1 is 1.28 bits per heavy atom. The van der Waals surface area contributed by atoms with Gasteiger partial charge in [-0.1, -0.05) is 0 Å². The second-order valence-corrected chi connectivity index (χ2v) is 4.86. The third kappa shape index (κ3) is 2.94. The molecular formula is C14H21NO3. The molecule has 2 N–H and O–H groups in total. The van der Waals surface area contributed by atoms with Gasteiger partial charge < -0.3 is 19.9 Å². The van der Waals surface area contributed by atoms with Crippen molar-refractivity contribution in [1.29, 1.82) is 0 Å². The van der Waals surface area contributed by atoms with Crippen LogP contribution in [0, 0.1) is 0 Å². The summed E-state index contributed by atoms with van der Waals surface area (Å²) < 4.78 is 10.5. The highest BCUT2D eigenvalue weighted by atomic mass is 16.5. The Kier molecular flexibility index (Phi) is 4.09. The number of benzene rings is 1. The Morgan fingerprint density at radius 2 is 2.06 bits per heavy atom. The molecule has 100 valence electrons. The predicted octanol–water partition coefficient (Wildman–Crippen LogP) is 1.71. The summed E-state index contributed by atoms with van der Waals surface area (Å²) in [5.74, 6) is 1.65. The number of aliphatic hydroxyl groups is 1. The zero-order valence-corrected chi connectivity index (χ0v) is 11.0. The third-order valence-electron chi connectivity index (χ3n) is 3.54. The molecule has 0 unspecified atom stereocenters. The molecule has 1 aromatic rings. The predicted molar refractivity (Wildman–Crippen MR) is 70.1 cm³/mol. The average molecular weight is 251 g/mol. The van der Waals surface area contributed by atoms with Crippen LogP contribution in [0.2, 0.25) is 0 Å². The molecule has 0 bridgehead atoms. The Balaban J connectivity index is 1.94. The molecule has 0 saturated heterocycles. The van der Waals surface area contributed by atoms with Crippen LogP contribution >= 0.6 is 0 Å². The average Bonchev–Trinajstić information content (AvgIpc) is 2.36. The van der Waals surface area contributed by atoms with Crippen LogP contribution in [0.25, 0.3) is 0 Å². The maximum Gasteiger partial charge on any atom is 0.123 e. The highest BCUT2D eigenvalue weighted by Gasteiger charge is 2.33. The molecule has 18 heavy (non-hydrogen) atoms. The van der Waals surface area contributed by atoms with E-state index < -0.39 is 5.60 Å². The van der Waals surface area contributed by atoms with E-state index in [4.69, 9.17) is 9.47 Å². The van der Waals surface area contributed by atoms with E-state index in [1.54, 1.807) is 14.2 Å². The van der Waals surface area contributed by atoms with Gasteiger partial charge in [0.15, 0.2) is 0 Å². The van der Waals surface area contributed by atoms with Gasteiger partial charge in [0.1, 0.15) is 11.5 Å².